The molecule has 2 aromatic rings. The molecule has 1 atom stereocenters. The number of alkyl halides is 1. The van der Waals surface area contributed by atoms with Crippen LogP contribution in [0.5, 0.6) is 0 Å². The predicted octanol–water partition coefficient (Wildman–Crippen LogP) is 5.20. The van der Waals surface area contributed by atoms with Crippen LogP contribution in [-0.4, -0.2) is 0 Å². The van der Waals surface area contributed by atoms with E-state index in [0.29, 0.717) is 6.42 Å². The van der Waals surface area contributed by atoms with Gasteiger partial charge in [0.15, 0.2) is 0 Å². The van der Waals surface area contributed by atoms with Crippen molar-refractivity contribution in [2.24, 2.45) is 0 Å². The standard InChI is InChI=1S/C12H8Cl2F2S/c13-9(3-7-1-2-17-6-7)8-4-12(16)10(14)5-11(8)15/h1-2,4-6,9H,3H2. The summed E-state index contributed by atoms with van der Waals surface area (Å²) in [6.45, 7) is 0. The van der Waals surface area contributed by atoms with Crippen LogP contribution in [0.2, 0.25) is 5.02 Å². The summed E-state index contributed by atoms with van der Waals surface area (Å²) in [4.78, 5) is 0. The Morgan fingerprint density at radius 3 is 2.65 bits per heavy atom. The summed E-state index contributed by atoms with van der Waals surface area (Å²) < 4.78 is 26.8. The average Bonchev–Trinajstić information content (AvgIpc) is 2.76. The van der Waals surface area contributed by atoms with E-state index in [1.54, 1.807) is 0 Å². The van der Waals surface area contributed by atoms with Crippen LogP contribution >= 0.6 is 34.5 Å². The molecule has 0 nitrogen and oxygen atoms in total. The van der Waals surface area contributed by atoms with Gasteiger partial charge in [-0.05, 0) is 40.9 Å². The minimum absolute atomic E-state index is 0.139. The van der Waals surface area contributed by atoms with E-state index in [9.17, 15) is 8.78 Å². The summed E-state index contributed by atoms with van der Waals surface area (Å²) in [5.41, 5.74) is 1.14. The van der Waals surface area contributed by atoms with Gasteiger partial charge in [0.1, 0.15) is 11.6 Å². The summed E-state index contributed by atoms with van der Waals surface area (Å²) >= 11 is 13.1. The summed E-state index contributed by atoms with van der Waals surface area (Å²) in [6, 6.07) is 3.92. The molecule has 0 radical (unpaired) electrons. The molecule has 90 valence electrons. The van der Waals surface area contributed by atoms with E-state index in [-0.39, 0.29) is 10.6 Å². The second-order valence-corrected chi connectivity index (χ2v) is 5.31. The van der Waals surface area contributed by atoms with Crippen molar-refractivity contribution in [3.8, 4) is 0 Å². The maximum atomic E-state index is 13.6. The van der Waals surface area contributed by atoms with E-state index in [2.05, 4.69) is 0 Å². The second-order valence-electron chi connectivity index (χ2n) is 3.59. The molecule has 0 saturated heterocycles. The Bertz CT molecular complexity index is 511. The molecule has 1 aromatic heterocycles. The van der Waals surface area contributed by atoms with Crippen LogP contribution in [0.15, 0.2) is 29.0 Å². The number of benzene rings is 1. The van der Waals surface area contributed by atoms with Gasteiger partial charge in [0.05, 0.1) is 10.4 Å². The van der Waals surface area contributed by atoms with Gasteiger partial charge in [-0.3, -0.25) is 0 Å². The maximum absolute atomic E-state index is 13.6. The number of hydrogen-bond acceptors (Lipinski definition) is 1. The van der Waals surface area contributed by atoms with E-state index in [0.717, 1.165) is 17.7 Å². The zero-order valence-corrected chi connectivity index (χ0v) is 10.9. The molecule has 2 rings (SSSR count). The summed E-state index contributed by atoms with van der Waals surface area (Å²) in [5.74, 6) is -1.23. The lowest BCUT2D eigenvalue weighted by molar-refractivity contribution is 0.582. The first-order valence-corrected chi connectivity index (χ1v) is 6.63. The van der Waals surface area contributed by atoms with Gasteiger partial charge in [0, 0.05) is 5.56 Å². The van der Waals surface area contributed by atoms with Crippen molar-refractivity contribution in [3.63, 3.8) is 0 Å². The summed E-state index contributed by atoms with van der Waals surface area (Å²) in [5, 5.41) is 3.01. The molecule has 5 heteroatoms. The Labute approximate surface area is 112 Å². The molecule has 1 aromatic carbocycles. The first-order chi connectivity index (χ1) is 8.08. The van der Waals surface area contributed by atoms with Crippen LogP contribution < -0.4 is 0 Å². The molecule has 0 aliphatic carbocycles. The minimum Gasteiger partial charge on any atom is -0.207 e. The van der Waals surface area contributed by atoms with Gasteiger partial charge >= 0.3 is 0 Å². The van der Waals surface area contributed by atoms with Gasteiger partial charge < -0.3 is 0 Å². The summed E-state index contributed by atoms with van der Waals surface area (Å²) in [6.07, 6.45) is 0.461. The number of thiophene rings is 1. The quantitative estimate of drug-likeness (QED) is 0.539. The van der Waals surface area contributed by atoms with Crippen molar-refractivity contribution in [1.29, 1.82) is 0 Å². The van der Waals surface area contributed by atoms with Crippen molar-refractivity contribution in [2.45, 2.75) is 11.8 Å². The molecule has 0 spiro atoms. The van der Waals surface area contributed by atoms with E-state index in [1.165, 1.54) is 11.3 Å². The number of halogens is 4. The van der Waals surface area contributed by atoms with E-state index in [4.69, 9.17) is 23.2 Å². The first kappa shape index (κ1) is 12.8. The SMILES string of the molecule is Fc1cc(C(Cl)Cc2ccsc2)c(F)cc1Cl. The molecule has 0 saturated carbocycles. The fourth-order valence-corrected chi connectivity index (χ4v) is 2.68. The molecule has 1 heterocycles. The molecule has 0 aliphatic heterocycles. The smallest absolute Gasteiger partial charge is 0.142 e. The zero-order valence-electron chi connectivity index (χ0n) is 8.59. The predicted molar refractivity (Wildman–Crippen MR) is 68.0 cm³/mol. The Morgan fingerprint density at radius 2 is 2.00 bits per heavy atom. The highest BCUT2D eigenvalue weighted by Gasteiger charge is 2.16. The maximum Gasteiger partial charge on any atom is 0.142 e. The van der Waals surface area contributed by atoms with Crippen LogP contribution in [0.3, 0.4) is 0 Å². The molecule has 17 heavy (non-hydrogen) atoms. The fourth-order valence-electron chi connectivity index (χ4n) is 1.50. The van der Waals surface area contributed by atoms with E-state index >= 15 is 0 Å². The topological polar surface area (TPSA) is 0 Å². The van der Waals surface area contributed by atoms with Crippen LogP contribution in [0.4, 0.5) is 8.78 Å². The lowest BCUT2D eigenvalue weighted by atomic mass is 10.1. The average molecular weight is 293 g/mol. The highest BCUT2D eigenvalue weighted by molar-refractivity contribution is 7.07. The molecule has 0 bridgehead atoms. The minimum atomic E-state index is -0.654. The highest BCUT2D eigenvalue weighted by atomic mass is 35.5. The zero-order chi connectivity index (χ0) is 12.4. The monoisotopic (exact) mass is 292 g/mol. The summed E-state index contributed by atoms with van der Waals surface area (Å²) in [7, 11) is 0. The highest BCUT2D eigenvalue weighted by Crippen LogP contribution is 2.30. The Kier molecular flexibility index (Phi) is 4.02. The van der Waals surface area contributed by atoms with Gasteiger partial charge in [-0.1, -0.05) is 11.6 Å². The van der Waals surface area contributed by atoms with Crippen molar-refractivity contribution < 1.29 is 8.78 Å². The van der Waals surface area contributed by atoms with Gasteiger partial charge in [0.2, 0.25) is 0 Å². The van der Waals surface area contributed by atoms with Gasteiger partial charge in [-0.2, -0.15) is 11.3 Å². The molecular weight excluding hydrogens is 285 g/mol. The third-order valence-electron chi connectivity index (χ3n) is 2.37. The lowest BCUT2D eigenvalue weighted by Gasteiger charge is -2.10. The molecule has 0 N–H and O–H groups in total. The third-order valence-corrected chi connectivity index (χ3v) is 3.78. The molecule has 0 aliphatic rings. The van der Waals surface area contributed by atoms with Crippen molar-refractivity contribution >= 4 is 34.5 Å². The van der Waals surface area contributed by atoms with Crippen molar-refractivity contribution in [1.82, 2.24) is 0 Å². The number of hydrogen-bond donors (Lipinski definition) is 0. The third kappa shape index (κ3) is 2.97. The van der Waals surface area contributed by atoms with Crippen LogP contribution in [0.25, 0.3) is 0 Å². The van der Waals surface area contributed by atoms with Crippen LogP contribution in [0.1, 0.15) is 16.5 Å². The Hall–Kier alpha value is -0.640. The van der Waals surface area contributed by atoms with Gasteiger partial charge in [-0.25, -0.2) is 8.78 Å². The van der Waals surface area contributed by atoms with Crippen LogP contribution in [0, 0.1) is 11.6 Å². The van der Waals surface area contributed by atoms with Gasteiger partial charge in [-0.15, -0.1) is 11.6 Å². The lowest BCUT2D eigenvalue weighted by Crippen LogP contribution is -1.99. The molecule has 1 unspecified atom stereocenters. The van der Waals surface area contributed by atoms with E-state index in [1.807, 2.05) is 16.8 Å². The molecule has 0 fully saturated rings. The molecular formula is C12H8Cl2F2S. The van der Waals surface area contributed by atoms with Crippen LogP contribution in [-0.2, 0) is 6.42 Å². The fraction of sp³-hybridized carbons (Fsp3) is 0.167. The van der Waals surface area contributed by atoms with Crippen molar-refractivity contribution in [3.05, 3.63) is 56.7 Å². The Balaban J connectivity index is 2.24. The van der Waals surface area contributed by atoms with E-state index < -0.39 is 17.0 Å². The second kappa shape index (κ2) is 5.34. The number of rotatable bonds is 3. The molecule has 0 amide bonds. The largest absolute Gasteiger partial charge is 0.207 e. The van der Waals surface area contributed by atoms with Crippen molar-refractivity contribution in [2.75, 3.05) is 0 Å². The normalized spacial score (nSPS) is 12.7. The first-order valence-electron chi connectivity index (χ1n) is 4.87. The van der Waals surface area contributed by atoms with Gasteiger partial charge in [0.25, 0.3) is 0 Å². The Morgan fingerprint density at radius 1 is 1.24 bits per heavy atom.